The third-order valence-electron chi connectivity index (χ3n) is 5.00. The molecule has 106 valence electrons. The molecule has 2 unspecified atom stereocenters. The lowest BCUT2D eigenvalue weighted by Crippen LogP contribution is -2.54. The molecule has 0 aromatic rings. The van der Waals surface area contributed by atoms with Gasteiger partial charge < -0.3 is 15.0 Å². The first-order valence-electron chi connectivity index (χ1n) is 7.25. The standard InChI is InChI=1S/C14H22N2O3/c1-19-9-14(5-2-6-14)13(18)16-10-3-4-11(16)8-15-12(17)7-10/h10-11H,2-9H2,1H3,(H,15,17). The van der Waals surface area contributed by atoms with E-state index >= 15 is 0 Å². The van der Waals surface area contributed by atoms with Crippen LogP contribution < -0.4 is 5.32 Å². The van der Waals surface area contributed by atoms with E-state index in [0.29, 0.717) is 19.6 Å². The van der Waals surface area contributed by atoms with E-state index < -0.39 is 0 Å². The number of carbonyl (C=O) groups is 2. The Morgan fingerprint density at radius 1 is 1.42 bits per heavy atom. The lowest BCUT2D eigenvalue weighted by molar-refractivity contribution is -0.155. The largest absolute Gasteiger partial charge is 0.384 e. The van der Waals surface area contributed by atoms with Crippen LogP contribution in [0.5, 0.6) is 0 Å². The van der Waals surface area contributed by atoms with Crippen molar-refractivity contribution in [1.29, 1.82) is 0 Å². The number of hydrogen-bond acceptors (Lipinski definition) is 3. The van der Waals surface area contributed by atoms with Crippen molar-refractivity contribution in [2.24, 2.45) is 5.41 Å². The molecule has 19 heavy (non-hydrogen) atoms. The van der Waals surface area contributed by atoms with Crippen molar-refractivity contribution in [2.45, 2.75) is 50.6 Å². The van der Waals surface area contributed by atoms with Crippen molar-refractivity contribution in [3.63, 3.8) is 0 Å². The molecule has 1 saturated carbocycles. The number of rotatable bonds is 3. The van der Waals surface area contributed by atoms with Crippen molar-refractivity contribution in [2.75, 3.05) is 20.3 Å². The van der Waals surface area contributed by atoms with Gasteiger partial charge in [0.05, 0.1) is 12.0 Å². The number of amides is 2. The second-order valence-corrected chi connectivity index (χ2v) is 6.17. The lowest BCUT2D eigenvalue weighted by atomic mass is 9.68. The van der Waals surface area contributed by atoms with E-state index in [4.69, 9.17) is 4.74 Å². The Hall–Kier alpha value is -1.10. The molecule has 3 aliphatic rings. The maximum Gasteiger partial charge on any atom is 0.231 e. The summed E-state index contributed by atoms with van der Waals surface area (Å²) < 4.78 is 5.27. The van der Waals surface area contributed by atoms with Gasteiger partial charge in [-0.2, -0.15) is 0 Å². The molecule has 2 bridgehead atoms. The molecule has 2 saturated heterocycles. The number of fused-ring (bicyclic) bond motifs is 2. The van der Waals surface area contributed by atoms with Gasteiger partial charge >= 0.3 is 0 Å². The molecule has 1 N–H and O–H groups in total. The predicted molar refractivity (Wildman–Crippen MR) is 69.4 cm³/mol. The Balaban J connectivity index is 1.80. The molecule has 0 aromatic heterocycles. The molecule has 2 aliphatic heterocycles. The summed E-state index contributed by atoms with van der Waals surface area (Å²) in [7, 11) is 1.66. The topological polar surface area (TPSA) is 58.6 Å². The Labute approximate surface area is 113 Å². The third kappa shape index (κ3) is 2.04. The van der Waals surface area contributed by atoms with E-state index in [1.165, 1.54) is 0 Å². The van der Waals surface area contributed by atoms with Gasteiger partial charge in [0.25, 0.3) is 0 Å². The summed E-state index contributed by atoms with van der Waals surface area (Å²) in [5.74, 6) is 0.309. The van der Waals surface area contributed by atoms with Crippen LogP contribution in [0.4, 0.5) is 0 Å². The Kier molecular flexibility index (Phi) is 3.25. The number of methoxy groups -OCH3 is 1. The molecule has 2 atom stereocenters. The van der Waals surface area contributed by atoms with E-state index in [1.807, 2.05) is 4.90 Å². The molecular formula is C14H22N2O3. The van der Waals surface area contributed by atoms with Gasteiger partial charge in [0.2, 0.25) is 11.8 Å². The average molecular weight is 266 g/mol. The molecule has 0 spiro atoms. The zero-order valence-corrected chi connectivity index (χ0v) is 11.5. The summed E-state index contributed by atoms with van der Waals surface area (Å²) in [4.78, 5) is 26.6. The SMILES string of the molecule is COCC1(C(=O)N2C3CCC2CC(=O)NC3)CCC1. The number of nitrogens with one attached hydrogen (secondary N) is 1. The van der Waals surface area contributed by atoms with Crippen LogP contribution in [0.1, 0.15) is 38.5 Å². The molecule has 1 aliphatic carbocycles. The van der Waals surface area contributed by atoms with Gasteiger partial charge in [-0.3, -0.25) is 9.59 Å². The monoisotopic (exact) mass is 266 g/mol. The highest BCUT2D eigenvalue weighted by Gasteiger charge is 2.51. The summed E-state index contributed by atoms with van der Waals surface area (Å²) in [6, 6.07) is 0.299. The fourth-order valence-corrected chi connectivity index (χ4v) is 3.79. The summed E-state index contributed by atoms with van der Waals surface area (Å²) >= 11 is 0. The highest BCUT2D eigenvalue weighted by Crippen LogP contribution is 2.45. The third-order valence-corrected chi connectivity index (χ3v) is 5.00. The van der Waals surface area contributed by atoms with Crippen molar-refractivity contribution >= 4 is 11.8 Å². The highest BCUT2D eigenvalue weighted by molar-refractivity contribution is 5.86. The minimum Gasteiger partial charge on any atom is -0.384 e. The summed E-state index contributed by atoms with van der Waals surface area (Å²) in [5.41, 5.74) is -0.303. The van der Waals surface area contributed by atoms with Crippen LogP contribution in [0.15, 0.2) is 0 Å². The average Bonchev–Trinajstić information content (AvgIpc) is 2.64. The Morgan fingerprint density at radius 2 is 2.16 bits per heavy atom. The van der Waals surface area contributed by atoms with Crippen LogP contribution in [0.25, 0.3) is 0 Å². The van der Waals surface area contributed by atoms with Gasteiger partial charge in [-0.1, -0.05) is 6.42 Å². The van der Waals surface area contributed by atoms with Crippen molar-refractivity contribution in [3.05, 3.63) is 0 Å². The fourth-order valence-electron chi connectivity index (χ4n) is 3.79. The van der Waals surface area contributed by atoms with Gasteiger partial charge in [-0.25, -0.2) is 0 Å². The lowest BCUT2D eigenvalue weighted by Gasteiger charge is -2.44. The summed E-state index contributed by atoms with van der Waals surface area (Å²) in [5, 5.41) is 2.92. The molecule has 5 nitrogen and oxygen atoms in total. The second-order valence-electron chi connectivity index (χ2n) is 6.17. The van der Waals surface area contributed by atoms with Gasteiger partial charge in [-0.05, 0) is 25.7 Å². The molecule has 3 fully saturated rings. The number of ether oxygens (including phenoxy) is 1. The van der Waals surface area contributed by atoms with E-state index in [2.05, 4.69) is 5.32 Å². The molecule has 0 aromatic carbocycles. The number of carbonyl (C=O) groups excluding carboxylic acids is 2. The first-order chi connectivity index (χ1) is 9.16. The van der Waals surface area contributed by atoms with Crippen molar-refractivity contribution in [3.8, 4) is 0 Å². The van der Waals surface area contributed by atoms with Crippen LogP contribution in [-0.4, -0.2) is 49.1 Å². The molecular weight excluding hydrogens is 244 g/mol. The van der Waals surface area contributed by atoms with Crippen LogP contribution in [0.3, 0.4) is 0 Å². The fraction of sp³-hybridized carbons (Fsp3) is 0.857. The summed E-state index contributed by atoms with van der Waals surface area (Å²) in [6.07, 6.45) is 5.40. The molecule has 2 heterocycles. The molecule has 3 rings (SSSR count). The minimum atomic E-state index is -0.303. The summed E-state index contributed by atoms with van der Waals surface area (Å²) in [6.45, 7) is 1.13. The minimum absolute atomic E-state index is 0.0828. The maximum atomic E-state index is 12.9. The van der Waals surface area contributed by atoms with Gasteiger partial charge in [-0.15, -0.1) is 0 Å². The zero-order chi connectivity index (χ0) is 13.5. The maximum absolute atomic E-state index is 12.9. The first-order valence-corrected chi connectivity index (χ1v) is 7.25. The highest BCUT2D eigenvalue weighted by atomic mass is 16.5. The van der Waals surface area contributed by atoms with E-state index in [0.717, 1.165) is 32.1 Å². The van der Waals surface area contributed by atoms with E-state index in [1.54, 1.807) is 7.11 Å². The number of nitrogens with zero attached hydrogens (tertiary/aromatic N) is 1. The van der Waals surface area contributed by atoms with E-state index in [9.17, 15) is 9.59 Å². The van der Waals surface area contributed by atoms with Crippen molar-refractivity contribution in [1.82, 2.24) is 10.2 Å². The number of hydrogen-bond donors (Lipinski definition) is 1. The van der Waals surface area contributed by atoms with Crippen LogP contribution in [0, 0.1) is 5.41 Å². The van der Waals surface area contributed by atoms with Gasteiger partial charge in [0, 0.05) is 32.2 Å². The van der Waals surface area contributed by atoms with Gasteiger partial charge in [0.1, 0.15) is 0 Å². The quantitative estimate of drug-likeness (QED) is 0.817. The first kappa shape index (κ1) is 12.9. The zero-order valence-electron chi connectivity index (χ0n) is 11.5. The predicted octanol–water partition coefficient (Wildman–Crippen LogP) is 0.683. The van der Waals surface area contributed by atoms with Crippen LogP contribution in [-0.2, 0) is 14.3 Å². The van der Waals surface area contributed by atoms with Crippen LogP contribution >= 0.6 is 0 Å². The second kappa shape index (κ2) is 4.78. The Morgan fingerprint density at radius 3 is 2.79 bits per heavy atom. The van der Waals surface area contributed by atoms with Crippen LogP contribution in [0.2, 0.25) is 0 Å². The Bertz CT molecular complexity index is 392. The molecule has 2 amide bonds. The normalized spacial score (nSPS) is 32.5. The smallest absolute Gasteiger partial charge is 0.231 e. The molecule has 5 heteroatoms. The molecule has 0 radical (unpaired) electrons. The van der Waals surface area contributed by atoms with Gasteiger partial charge in [0.15, 0.2) is 0 Å². The van der Waals surface area contributed by atoms with Crippen molar-refractivity contribution < 1.29 is 14.3 Å². The van der Waals surface area contributed by atoms with E-state index in [-0.39, 0.29) is 29.3 Å².